The number of aromatic nitrogens is 5. The van der Waals surface area contributed by atoms with Crippen molar-refractivity contribution in [3.63, 3.8) is 0 Å². The normalized spacial score (nSPS) is 10.7. The lowest BCUT2D eigenvalue weighted by molar-refractivity contribution is 0.0684. The first-order chi connectivity index (χ1) is 13.1. The van der Waals surface area contributed by atoms with Crippen molar-refractivity contribution in [1.29, 1.82) is 0 Å². The van der Waals surface area contributed by atoms with Crippen molar-refractivity contribution >= 4 is 29.2 Å². The number of rotatable bonds is 4. The number of carboxylic acid groups (broad SMARTS) is 1. The lowest BCUT2D eigenvalue weighted by Crippen LogP contribution is -2.30. The number of fused-ring (bicyclic) bond motifs is 1. The van der Waals surface area contributed by atoms with Crippen molar-refractivity contribution in [3.8, 4) is 0 Å². The number of hydrogen-bond donors (Lipinski definition) is 1. The Morgan fingerprint density at radius 2 is 1.63 bits per heavy atom. The zero-order valence-corrected chi connectivity index (χ0v) is 13.8. The summed E-state index contributed by atoms with van der Waals surface area (Å²) in [7, 11) is 0. The van der Waals surface area contributed by atoms with Gasteiger partial charge in [0.15, 0.2) is 11.4 Å². The molecule has 9 heteroatoms. The van der Waals surface area contributed by atoms with Crippen molar-refractivity contribution in [2.24, 2.45) is 0 Å². The van der Waals surface area contributed by atoms with Gasteiger partial charge in [-0.2, -0.15) is 4.98 Å². The SMILES string of the molecule is O=C(O)c1nccnc1C(=O)N(c1ccccc1)c1ccn2ccnc2n1. The van der Waals surface area contributed by atoms with E-state index >= 15 is 0 Å². The van der Waals surface area contributed by atoms with Gasteiger partial charge in [0.2, 0.25) is 5.78 Å². The van der Waals surface area contributed by atoms with Gasteiger partial charge in [0.1, 0.15) is 5.82 Å². The molecule has 0 unspecified atom stereocenters. The maximum atomic E-state index is 13.2. The van der Waals surface area contributed by atoms with Crippen LogP contribution < -0.4 is 4.90 Å². The molecule has 0 bridgehead atoms. The van der Waals surface area contributed by atoms with Crippen LogP contribution in [0.15, 0.2) is 67.4 Å². The highest BCUT2D eigenvalue weighted by molar-refractivity contribution is 6.13. The van der Waals surface area contributed by atoms with E-state index in [1.807, 2.05) is 6.07 Å². The van der Waals surface area contributed by atoms with E-state index in [1.54, 1.807) is 53.3 Å². The number of carboxylic acids is 1. The third-order valence-electron chi connectivity index (χ3n) is 3.80. The zero-order valence-electron chi connectivity index (χ0n) is 13.8. The fourth-order valence-electron chi connectivity index (χ4n) is 2.61. The topological polar surface area (TPSA) is 114 Å². The largest absolute Gasteiger partial charge is 0.476 e. The fraction of sp³-hybridized carbons (Fsp3) is 0. The zero-order chi connectivity index (χ0) is 18.8. The van der Waals surface area contributed by atoms with Gasteiger partial charge in [0, 0.05) is 31.0 Å². The van der Waals surface area contributed by atoms with Crippen LogP contribution in [0.1, 0.15) is 21.0 Å². The number of carbonyl (C=O) groups excluding carboxylic acids is 1. The lowest BCUT2D eigenvalue weighted by atomic mass is 10.2. The van der Waals surface area contributed by atoms with Crippen LogP contribution in [0.2, 0.25) is 0 Å². The Hall–Kier alpha value is -4.14. The highest BCUT2D eigenvalue weighted by Gasteiger charge is 2.27. The second-order valence-electron chi connectivity index (χ2n) is 5.46. The lowest BCUT2D eigenvalue weighted by Gasteiger charge is -2.21. The molecule has 1 amide bonds. The van der Waals surface area contributed by atoms with E-state index in [0.717, 1.165) is 0 Å². The summed E-state index contributed by atoms with van der Waals surface area (Å²) in [6.07, 6.45) is 7.52. The van der Waals surface area contributed by atoms with Gasteiger partial charge in [-0.3, -0.25) is 14.1 Å². The van der Waals surface area contributed by atoms with Gasteiger partial charge in [-0.05, 0) is 18.2 Å². The molecule has 0 radical (unpaired) electrons. The van der Waals surface area contributed by atoms with E-state index < -0.39 is 17.6 Å². The Morgan fingerprint density at radius 3 is 2.37 bits per heavy atom. The van der Waals surface area contributed by atoms with Crippen molar-refractivity contribution in [3.05, 3.63) is 78.8 Å². The molecule has 4 rings (SSSR count). The highest BCUT2D eigenvalue weighted by atomic mass is 16.4. The highest BCUT2D eigenvalue weighted by Crippen LogP contribution is 2.26. The summed E-state index contributed by atoms with van der Waals surface area (Å²) < 4.78 is 1.70. The summed E-state index contributed by atoms with van der Waals surface area (Å²) in [4.78, 5) is 42.2. The molecule has 0 saturated carbocycles. The summed E-state index contributed by atoms with van der Waals surface area (Å²) in [6, 6.07) is 10.4. The molecule has 3 heterocycles. The van der Waals surface area contributed by atoms with E-state index in [4.69, 9.17) is 0 Å². The van der Waals surface area contributed by atoms with Crippen LogP contribution in [-0.2, 0) is 0 Å². The number of amides is 1. The fourth-order valence-corrected chi connectivity index (χ4v) is 2.61. The number of benzene rings is 1. The number of anilines is 2. The summed E-state index contributed by atoms with van der Waals surface area (Å²) in [5.74, 6) is -1.31. The third-order valence-corrected chi connectivity index (χ3v) is 3.80. The minimum atomic E-state index is -1.34. The van der Waals surface area contributed by atoms with E-state index in [-0.39, 0.29) is 11.5 Å². The quantitative estimate of drug-likeness (QED) is 0.593. The van der Waals surface area contributed by atoms with Crippen LogP contribution >= 0.6 is 0 Å². The van der Waals surface area contributed by atoms with E-state index in [9.17, 15) is 14.7 Å². The molecule has 1 N–H and O–H groups in total. The molecule has 27 heavy (non-hydrogen) atoms. The second-order valence-corrected chi connectivity index (χ2v) is 5.46. The van der Waals surface area contributed by atoms with E-state index in [1.165, 1.54) is 17.3 Å². The van der Waals surface area contributed by atoms with Gasteiger partial charge in [0.25, 0.3) is 5.91 Å². The number of para-hydroxylation sites is 1. The summed E-state index contributed by atoms with van der Waals surface area (Å²) >= 11 is 0. The van der Waals surface area contributed by atoms with Crippen LogP contribution in [0.3, 0.4) is 0 Å². The standard InChI is InChI=1S/C18H12N6O3/c25-16(14-15(17(26)27)20-8-7-19-14)24(12-4-2-1-3-5-12)13-6-10-23-11-9-21-18(23)22-13/h1-11H,(H,26,27). The summed E-state index contributed by atoms with van der Waals surface area (Å²) in [5.41, 5.74) is -0.197. The maximum absolute atomic E-state index is 13.2. The molecule has 4 aromatic rings. The van der Waals surface area contributed by atoms with Crippen molar-refractivity contribution in [1.82, 2.24) is 24.3 Å². The molecule has 0 saturated heterocycles. The Labute approximate surface area is 152 Å². The molecular formula is C18H12N6O3. The van der Waals surface area contributed by atoms with E-state index in [0.29, 0.717) is 11.5 Å². The molecule has 0 aliphatic carbocycles. The molecule has 3 aromatic heterocycles. The molecule has 0 fully saturated rings. The predicted molar refractivity (Wildman–Crippen MR) is 94.9 cm³/mol. The number of nitrogens with zero attached hydrogens (tertiary/aromatic N) is 6. The molecule has 9 nitrogen and oxygen atoms in total. The van der Waals surface area contributed by atoms with Gasteiger partial charge in [0.05, 0.1) is 5.69 Å². The van der Waals surface area contributed by atoms with Crippen molar-refractivity contribution in [2.45, 2.75) is 0 Å². The van der Waals surface area contributed by atoms with Gasteiger partial charge in [-0.15, -0.1) is 0 Å². The molecule has 0 atom stereocenters. The molecular weight excluding hydrogens is 348 g/mol. The van der Waals surface area contributed by atoms with Gasteiger partial charge in [-0.25, -0.2) is 19.7 Å². The van der Waals surface area contributed by atoms with Crippen LogP contribution in [-0.4, -0.2) is 41.3 Å². The first kappa shape index (κ1) is 16.3. The number of aromatic carboxylic acids is 1. The van der Waals surface area contributed by atoms with Gasteiger partial charge >= 0.3 is 5.97 Å². The minimum Gasteiger partial charge on any atom is -0.476 e. The Bertz CT molecular complexity index is 1140. The van der Waals surface area contributed by atoms with Crippen molar-refractivity contribution < 1.29 is 14.7 Å². The first-order valence-electron chi connectivity index (χ1n) is 7.88. The molecule has 0 aliphatic rings. The predicted octanol–water partition coefficient (Wildman–Crippen LogP) is 2.20. The van der Waals surface area contributed by atoms with Gasteiger partial charge < -0.3 is 5.11 Å². The number of carbonyl (C=O) groups is 2. The number of imidazole rings is 1. The molecule has 0 aliphatic heterocycles. The van der Waals surface area contributed by atoms with Crippen LogP contribution in [0.25, 0.3) is 5.78 Å². The minimum absolute atomic E-state index is 0.279. The Kier molecular flexibility index (Phi) is 4.01. The van der Waals surface area contributed by atoms with Crippen LogP contribution in [0.4, 0.5) is 11.5 Å². The van der Waals surface area contributed by atoms with Crippen LogP contribution in [0, 0.1) is 0 Å². The average molecular weight is 360 g/mol. The van der Waals surface area contributed by atoms with Crippen molar-refractivity contribution in [2.75, 3.05) is 4.90 Å². The monoisotopic (exact) mass is 360 g/mol. The Morgan fingerprint density at radius 1 is 0.889 bits per heavy atom. The average Bonchev–Trinajstić information content (AvgIpc) is 3.17. The summed E-state index contributed by atoms with van der Waals surface area (Å²) in [5, 5.41) is 9.35. The molecule has 1 aromatic carbocycles. The number of hydrogen-bond acceptors (Lipinski definition) is 6. The van der Waals surface area contributed by atoms with E-state index in [2.05, 4.69) is 19.9 Å². The second kappa shape index (κ2) is 6.64. The summed E-state index contributed by atoms with van der Waals surface area (Å²) in [6.45, 7) is 0. The smallest absolute Gasteiger partial charge is 0.356 e. The molecule has 132 valence electrons. The van der Waals surface area contributed by atoms with Crippen LogP contribution in [0.5, 0.6) is 0 Å². The first-order valence-corrected chi connectivity index (χ1v) is 7.88. The third kappa shape index (κ3) is 2.97. The Balaban J connectivity index is 1.88. The van der Waals surface area contributed by atoms with Gasteiger partial charge in [-0.1, -0.05) is 18.2 Å². The molecule has 0 spiro atoms. The maximum Gasteiger partial charge on any atom is 0.356 e.